The molecule has 0 saturated heterocycles. The van der Waals surface area contributed by atoms with Crippen LogP contribution in [0.4, 0.5) is 5.69 Å². The van der Waals surface area contributed by atoms with Crippen LogP contribution in [-0.2, 0) is 19.1 Å². The number of anilines is 1. The van der Waals surface area contributed by atoms with Gasteiger partial charge < -0.3 is 39.4 Å². The SMILES string of the molecule is CC(=O)Oc1ccccc1C(=O)[O-].COc1ccc([C@@H]2Sc3ccccc3N(CC[NH+](C)C)C(=O)[C@@H]2OC(C)=O)cc1.O. The minimum absolute atomic E-state index is 0. The third-order valence-electron chi connectivity index (χ3n) is 6.13. The van der Waals surface area contributed by atoms with Gasteiger partial charge in [0.2, 0.25) is 0 Å². The number of hydrogen-bond donors (Lipinski definition) is 1. The molecule has 0 aliphatic carbocycles. The molecule has 1 amide bonds. The molecule has 12 heteroatoms. The number of aromatic carboxylic acids is 1. The quantitative estimate of drug-likeness (QED) is 0.290. The molecule has 3 aromatic rings. The van der Waals surface area contributed by atoms with Crippen molar-refractivity contribution in [2.45, 2.75) is 30.1 Å². The van der Waals surface area contributed by atoms with Crippen molar-refractivity contribution >= 4 is 41.3 Å². The largest absolute Gasteiger partial charge is 0.545 e. The van der Waals surface area contributed by atoms with E-state index in [4.69, 9.17) is 9.47 Å². The van der Waals surface area contributed by atoms with Gasteiger partial charge in [-0.15, -0.1) is 11.8 Å². The van der Waals surface area contributed by atoms with Gasteiger partial charge >= 0.3 is 11.9 Å². The molecule has 3 N–H and O–H groups in total. The first-order valence-corrected chi connectivity index (χ1v) is 14.1. The number of carboxylic acids is 1. The number of nitrogens with zero attached hydrogens (tertiary/aromatic N) is 1. The summed E-state index contributed by atoms with van der Waals surface area (Å²) in [6, 6.07) is 21.2. The Balaban J connectivity index is 0.000000388. The highest BCUT2D eigenvalue weighted by Gasteiger charge is 2.40. The van der Waals surface area contributed by atoms with Crippen molar-refractivity contribution in [3.05, 3.63) is 83.9 Å². The molecule has 0 spiro atoms. The van der Waals surface area contributed by atoms with Crippen molar-refractivity contribution in [1.82, 2.24) is 0 Å². The molecule has 0 fully saturated rings. The zero-order valence-corrected chi connectivity index (χ0v) is 25.4. The van der Waals surface area contributed by atoms with E-state index >= 15 is 0 Å². The van der Waals surface area contributed by atoms with Gasteiger partial charge in [0.25, 0.3) is 5.91 Å². The Morgan fingerprint density at radius 2 is 1.56 bits per heavy atom. The number of fused-ring (bicyclic) bond motifs is 1. The number of carbonyl (C=O) groups is 4. The zero-order chi connectivity index (χ0) is 30.8. The van der Waals surface area contributed by atoms with E-state index in [-0.39, 0.29) is 27.9 Å². The van der Waals surface area contributed by atoms with E-state index in [1.165, 1.54) is 36.9 Å². The number of thioether (sulfide) groups is 1. The predicted molar refractivity (Wildman–Crippen MR) is 159 cm³/mol. The van der Waals surface area contributed by atoms with E-state index < -0.39 is 24.0 Å². The number of carboxylic acid groups (broad SMARTS) is 1. The number of likely N-dealkylation sites (N-methyl/N-ethyl adjacent to an activating group) is 1. The van der Waals surface area contributed by atoms with Gasteiger partial charge in [-0.2, -0.15) is 0 Å². The highest BCUT2D eigenvalue weighted by molar-refractivity contribution is 7.99. The fourth-order valence-corrected chi connectivity index (χ4v) is 5.47. The lowest BCUT2D eigenvalue weighted by Crippen LogP contribution is -3.06. The molecule has 0 saturated carbocycles. The van der Waals surface area contributed by atoms with E-state index in [0.717, 1.165) is 28.4 Å². The van der Waals surface area contributed by atoms with Gasteiger partial charge in [0, 0.05) is 24.3 Å². The van der Waals surface area contributed by atoms with Crippen LogP contribution in [-0.4, -0.2) is 69.7 Å². The van der Waals surface area contributed by atoms with Gasteiger partial charge in [0.15, 0.2) is 6.10 Å². The molecular formula is C31H36N2O9S. The Kier molecular flexibility index (Phi) is 13.2. The summed E-state index contributed by atoms with van der Waals surface area (Å²) in [6.07, 6.45) is -0.907. The Labute approximate surface area is 254 Å². The van der Waals surface area contributed by atoms with Gasteiger partial charge in [0.05, 0.1) is 51.2 Å². The molecule has 0 radical (unpaired) electrons. The zero-order valence-electron chi connectivity index (χ0n) is 24.6. The summed E-state index contributed by atoms with van der Waals surface area (Å²) in [7, 11) is 5.71. The molecule has 11 nitrogen and oxygen atoms in total. The Hall–Kier alpha value is -4.39. The van der Waals surface area contributed by atoms with Crippen LogP contribution >= 0.6 is 11.8 Å². The first-order chi connectivity index (χ1) is 20.0. The lowest BCUT2D eigenvalue weighted by atomic mass is 10.1. The smallest absolute Gasteiger partial charge is 0.308 e. The Bertz CT molecular complexity index is 1410. The summed E-state index contributed by atoms with van der Waals surface area (Å²) >= 11 is 1.55. The van der Waals surface area contributed by atoms with E-state index in [9.17, 15) is 24.3 Å². The number of esters is 2. The summed E-state index contributed by atoms with van der Waals surface area (Å²) in [6.45, 7) is 3.87. The van der Waals surface area contributed by atoms with Gasteiger partial charge in [-0.05, 0) is 42.0 Å². The minimum atomic E-state index is -1.36. The first kappa shape index (κ1) is 34.8. The average Bonchev–Trinajstić information content (AvgIpc) is 3.06. The van der Waals surface area contributed by atoms with Gasteiger partial charge in [-0.25, -0.2) is 0 Å². The molecule has 4 rings (SSSR count). The summed E-state index contributed by atoms with van der Waals surface area (Å²) in [5.74, 6) is -1.84. The molecule has 43 heavy (non-hydrogen) atoms. The summed E-state index contributed by atoms with van der Waals surface area (Å²) in [5.41, 5.74) is 1.64. The van der Waals surface area contributed by atoms with Crippen LogP contribution in [0.15, 0.2) is 77.7 Å². The third kappa shape index (κ3) is 9.57. The molecule has 230 valence electrons. The molecule has 1 aliphatic rings. The fraction of sp³-hybridized carbons (Fsp3) is 0.290. The molecule has 3 aromatic carbocycles. The number of carbonyl (C=O) groups excluding carboxylic acids is 4. The number of benzene rings is 3. The third-order valence-corrected chi connectivity index (χ3v) is 7.50. The molecular weight excluding hydrogens is 576 g/mol. The topological polar surface area (TPSA) is 158 Å². The molecule has 1 aliphatic heterocycles. The van der Waals surface area contributed by atoms with Gasteiger partial charge in [-0.3, -0.25) is 14.4 Å². The fourth-order valence-electron chi connectivity index (χ4n) is 4.15. The Morgan fingerprint density at radius 1 is 0.930 bits per heavy atom. The molecule has 0 bridgehead atoms. The number of nitrogens with one attached hydrogen (secondary N) is 1. The predicted octanol–water partition coefficient (Wildman–Crippen LogP) is 1.10. The lowest BCUT2D eigenvalue weighted by Gasteiger charge is -2.27. The van der Waals surface area contributed by atoms with Gasteiger partial charge in [0.1, 0.15) is 11.5 Å². The number of amides is 1. The maximum Gasteiger partial charge on any atom is 0.308 e. The van der Waals surface area contributed by atoms with Crippen molar-refractivity contribution in [3.63, 3.8) is 0 Å². The van der Waals surface area contributed by atoms with Crippen LogP contribution in [0.1, 0.15) is 35.0 Å². The lowest BCUT2D eigenvalue weighted by molar-refractivity contribution is -0.856. The summed E-state index contributed by atoms with van der Waals surface area (Å²) in [4.78, 5) is 50.5. The van der Waals surface area contributed by atoms with Crippen LogP contribution in [0.5, 0.6) is 11.5 Å². The normalized spacial score (nSPS) is 15.6. The van der Waals surface area contributed by atoms with E-state index in [1.807, 2.05) is 62.6 Å². The average molecular weight is 613 g/mol. The van der Waals surface area contributed by atoms with E-state index in [1.54, 1.807) is 29.8 Å². The highest BCUT2D eigenvalue weighted by Crippen LogP contribution is 2.46. The molecule has 0 unspecified atom stereocenters. The number of methoxy groups -OCH3 is 1. The Morgan fingerprint density at radius 3 is 2.14 bits per heavy atom. The molecule has 1 heterocycles. The summed E-state index contributed by atoms with van der Waals surface area (Å²) in [5, 5.41) is 10.1. The van der Waals surface area contributed by atoms with Crippen LogP contribution < -0.4 is 24.4 Å². The number of hydrogen-bond acceptors (Lipinski definition) is 9. The monoisotopic (exact) mass is 612 g/mol. The van der Waals surface area contributed by atoms with Gasteiger partial charge in [-0.1, -0.05) is 36.4 Å². The summed E-state index contributed by atoms with van der Waals surface area (Å²) < 4.78 is 15.5. The maximum absolute atomic E-state index is 13.6. The second-order valence-electron chi connectivity index (χ2n) is 9.63. The van der Waals surface area contributed by atoms with Crippen LogP contribution in [0.25, 0.3) is 0 Å². The maximum atomic E-state index is 13.6. The van der Waals surface area contributed by atoms with E-state index in [0.29, 0.717) is 6.54 Å². The highest BCUT2D eigenvalue weighted by atomic mass is 32.2. The van der Waals surface area contributed by atoms with E-state index in [2.05, 4.69) is 4.74 Å². The second kappa shape index (κ2) is 16.3. The van der Waals surface area contributed by atoms with Crippen LogP contribution in [0.3, 0.4) is 0 Å². The van der Waals surface area contributed by atoms with Crippen molar-refractivity contribution in [2.24, 2.45) is 0 Å². The number of para-hydroxylation sites is 2. The van der Waals surface area contributed by atoms with Crippen LogP contribution in [0, 0.1) is 0 Å². The van der Waals surface area contributed by atoms with Crippen molar-refractivity contribution < 1.29 is 48.9 Å². The van der Waals surface area contributed by atoms with Crippen molar-refractivity contribution in [1.29, 1.82) is 0 Å². The number of rotatable bonds is 8. The minimum Gasteiger partial charge on any atom is -0.545 e. The van der Waals surface area contributed by atoms with Crippen molar-refractivity contribution in [2.75, 3.05) is 39.2 Å². The molecule has 0 aromatic heterocycles. The standard InChI is InChI=1S/C22H26N2O4S.C9H8O4.H2O/c1-15(25)28-20-21(16-9-11-17(27-4)12-10-16)29-19-8-6-5-7-18(19)24(22(20)26)14-13-23(2)3;1-6(10)13-8-5-3-2-4-7(8)9(11)12;/h5-12,20-21H,13-14H2,1-4H3;2-5H,1H3,(H,11,12);1H2/t20-,21+;;/m1../s1. The number of quaternary nitrogens is 1. The van der Waals surface area contributed by atoms with Crippen LogP contribution in [0.2, 0.25) is 0 Å². The molecule has 2 atom stereocenters. The number of ether oxygens (including phenoxy) is 3. The first-order valence-electron chi connectivity index (χ1n) is 13.2. The van der Waals surface area contributed by atoms with Crippen molar-refractivity contribution in [3.8, 4) is 11.5 Å². The second-order valence-corrected chi connectivity index (χ2v) is 10.8.